The Kier molecular flexibility index (Phi) is 3.43. The molecule has 0 bridgehead atoms. The zero-order valence-electron chi connectivity index (χ0n) is 9.90. The maximum absolute atomic E-state index is 13.5. The molecule has 7 heteroatoms. The van der Waals surface area contributed by atoms with E-state index in [2.05, 4.69) is 15.5 Å². The third kappa shape index (κ3) is 2.52. The molecule has 0 aliphatic carbocycles. The second-order valence-corrected chi connectivity index (χ2v) is 3.57. The van der Waals surface area contributed by atoms with Gasteiger partial charge in [-0.2, -0.15) is 10.4 Å². The maximum atomic E-state index is 13.5. The Morgan fingerprint density at radius 1 is 1.58 bits per heavy atom. The highest BCUT2D eigenvalue weighted by molar-refractivity contribution is 6.04. The van der Waals surface area contributed by atoms with E-state index in [0.717, 1.165) is 6.07 Å². The number of nitrogens with zero attached hydrogens (tertiary/aromatic N) is 2. The molecule has 0 aliphatic heterocycles. The number of aromatic nitrogens is 2. The summed E-state index contributed by atoms with van der Waals surface area (Å²) in [6.45, 7) is 0. The molecule has 1 aromatic heterocycles. The number of methoxy groups -OCH3 is 1. The molecular formula is C12H9FN4O2. The Morgan fingerprint density at radius 2 is 2.37 bits per heavy atom. The van der Waals surface area contributed by atoms with Gasteiger partial charge in [0.15, 0.2) is 11.6 Å². The van der Waals surface area contributed by atoms with Crippen molar-refractivity contribution in [1.82, 2.24) is 10.2 Å². The zero-order valence-corrected chi connectivity index (χ0v) is 9.90. The summed E-state index contributed by atoms with van der Waals surface area (Å²) in [6.07, 6.45) is 1.28. The first kappa shape index (κ1) is 12.6. The summed E-state index contributed by atoms with van der Waals surface area (Å²) in [6, 6.07) is 5.68. The molecule has 6 nitrogen and oxygen atoms in total. The number of halogens is 1. The van der Waals surface area contributed by atoms with Gasteiger partial charge in [0, 0.05) is 5.56 Å². The lowest BCUT2D eigenvalue weighted by Gasteiger charge is -2.05. The minimum Gasteiger partial charge on any atom is -0.494 e. The van der Waals surface area contributed by atoms with E-state index >= 15 is 0 Å². The molecule has 2 rings (SSSR count). The van der Waals surface area contributed by atoms with Crippen molar-refractivity contribution in [1.29, 1.82) is 5.26 Å². The third-order valence-corrected chi connectivity index (χ3v) is 2.41. The van der Waals surface area contributed by atoms with Gasteiger partial charge in [0.05, 0.1) is 13.3 Å². The highest BCUT2D eigenvalue weighted by Gasteiger charge is 2.13. The summed E-state index contributed by atoms with van der Waals surface area (Å²) in [4.78, 5) is 11.9. The van der Waals surface area contributed by atoms with E-state index in [0.29, 0.717) is 0 Å². The van der Waals surface area contributed by atoms with Crippen molar-refractivity contribution in [2.45, 2.75) is 0 Å². The number of anilines is 1. The van der Waals surface area contributed by atoms with E-state index in [1.54, 1.807) is 0 Å². The van der Waals surface area contributed by atoms with Crippen LogP contribution >= 0.6 is 0 Å². The lowest BCUT2D eigenvalue weighted by Crippen LogP contribution is -2.13. The zero-order chi connectivity index (χ0) is 13.8. The predicted molar refractivity (Wildman–Crippen MR) is 64.2 cm³/mol. The van der Waals surface area contributed by atoms with Crippen LogP contribution in [0.2, 0.25) is 0 Å². The van der Waals surface area contributed by atoms with Crippen molar-refractivity contribution in [3.63, 3.8) is 0 Å². The van der Waals surface area contributed by atoms with Crippen LogP contribution in [0.4, 0.5) is 10.2 Å². The second-order valence-electron chi connectivity index (χ2n) is 3.57. The van der Waals surface area contributed by atoms with Crippen LogP contribution in [-0.2, 0) is 0 Å². The number of rotatable bonds is 3. The molecule has 0 unspecified atom stereocenters. The van der Waals surface area contributed by atoms with Crippen molar-refractivity contribution in [2.24, 2.45) is 0 Å². The largest absolute Gasteiger partial charge is 0.494 e. The third-order valence-electron chi connectivity index (χ3n) is 2.41. The summed E-state index contributed by atoms with van der Waals surface area (Å²) in [5.74, 6) is -0.970. The molecule has 0 atom stereocenters. The second kappa shape index (κ2) is 5.18. The monoisotopic (exact) mass is 260 g/mol. The van der Waals surface area contributed by atoms with Gasteiger partial charge in [-0.3, -0.25) is 9.89 Å². The molecule has 1 aromatic carbocycles. The summed E-state index contributed by atoms with van der Waals surface area (Å²) in [5.41, 5.74) is 0.305. The van der Waals surface area contributed by atoms with E-state index < -0.39 is 11.7 Å². The molecule has 0 spiro atoms. The fourth-order valence-corrected chi connectivity index (χ4v) is 1.46. The lowest BCUT2D eigenvalue weighted by atomic mass is 10.2. The van der Waals surface area contributed by atoms with E-state index in [1.165, 1.54) is 25.4 Å². The number of hydrogen-bond acceptors (Lipinski definition) is 4. The van der Waals surface area contributed by atoms with Crippen molar-refractivity contribution < 1.29 is 13.9 Å². The first-order valence-electron chi connectivity index (χ1n) is 5.24. The number of H-pyrrole nitrogens is 1. The molecule has 1 amide bonds. The van der Waals surface area contributed by atoms with Gasteiger partial charge in [-0.1, -0.05) is 0 Å². The standard InChI is InChI=1S/C12H9FN4O2/c1-19-10-3-2-7(4-9(10)13)12(18)16-11-8(5-14)6-15-17-11/h2-4,6H,1H3,(H2,15,16,17,18). The Hall–Kier alpha value is -2.88. The molecule has 2 N–H and O–H groups in total. The fourth-order valence-electron chi connectivity index (χ4n) is 1.46. The Balaban J connectivity index is 2.21. The van der Waals surface area contributed by atoms with Gasteiger partial charge < -0.3 is 10.1 Å². The predicted octanol–water partition coefficient (Wildman–Crippen LogP) is 1.68. The fraction of sp³-hybridized carbons (Fsp3) is 0.0833. The number of nitriles is 1. The number of ether oxygens (including phenoxy) is 1. The van der Waals surface area contributed by atoms with Gasteiger partial charge >= 0.3 is 0 Å². The average Bonchev–Trinajstić information content (AvgIpc) is 2.85. The van der Waals surface area contributed by atoms with Gasteiger partial charge in [-0.05, 0) is 18.2 Å². The SMILES string of the molecule is COc1ccc(C(=O)Nc2[nH]ncc2C#N)cc1F. The van der Waals surface area contributed by atoms with Crippen LogP contribution in [0.25, 0.3) is 0 Å². The average molecular weight is 260 g/mol. The number of nitrogens with one attached hydrogen (secondary N) is 2. The summed E-state index contributed by atoms with van der Waals surface area (Å²) in [5, 5.41) is 17.3. The summed E-state index contributed by atoms with van der Waals surface area (Å²) < 4.78 is 18.2. The molecule has 0 radical (unpaired) electrons. The molecule has 0 fully saturated rings. The van der Waals surface area contributed by atoms with E-state index in [9.17, 15) is 9.18 Å². The van der Waals surface area contributed by atoms with Gasteiger partial charge in [0.25, 0.3) is 5.91 Å². The van der Waals surface area contributed by atoms with Crippen LogP contribution in [0.1, 0.15) is 15.9 Å². The lowest BCUT2D eigenvalue weighted by molar-refractivity contribution is 0.102. The van der Waals surface area contributed by atoms with Gasteiger partial charge in [0.2, 0.25) is 0 Å². The van der Waals surface area contributed by atoms with Crippen LogP contribution < -0.4 is 10.1 Å². The molecule has 0 saturated carbocycles. The topological polar surface area (TPSA) is 90.8 Å². The number of carbonyl (C=O) groups is 1. The van der Waals surface area contributed by atoms with Crippen LogP contribution in [0.5, 0.6) is 5.75 Å². The van der Waals surface area contributed by atoms with Crippen LogP contribution in [0.15, 0.2) is 24.4 Å². The molecule has 0 saturated heterocycles. The summed E-state index contributed by atoms with van der Waals surface area (Å²) >= 11 is 0. The van der Waals surface area contributed by atoms with Crippen molar-refractivity contribution >= 4 is 11.7 Å². The van der Waals surface area contributed by atoms with Gasteiger partial charge in [-0.15, -0.1) is 0 Å². The first-order chi connectivity index (χ1) is 9.15. The maximum Gasteiger partial charge on any atom is 0.256 e. The highest BCUT2D eigenvalue weighted by atomic mass is 19.1. The first-order valence-corrected chi connectivity index (χ1v) is 5.24. The number of hydrogen-bond donors (Lipinski definition) is 2. The van der Waals surface area contributed by atoms with Crippen LogP contribution in [0.3, 0.4) is 0 Å². The molecule has 19 heavy (non-hydrogen) atoms. The van der Waals surface area contributed by atoms with Crippen LogP contribution in [-0.4, -0.2) is 23.2 Å². The van der Waals surface area contributed by atoms with E-state index in [4.69, 9.17) is 10.00 Å². The number of carbonyl (C=O) groups excluding carboxylic acids is 1. The molecule has 96 valence electrons. The number of aromatic amines is 1. The van der Waals surface area contributed by atoms with Crippen molar-refractivity contribution in [3.8, 4) is 11.8 Å². The van der Waals surface area contributed by atoms with Crippen molar-refractivity contribution in [2.75, 3.05) is 12.4 Å². The quantitative estimate of drug-likeness (QED) is 0.878. The molecule has 1 heterocycles. The van der Waals surface area contributed by atoms with Crippen LogP contribution in [0, 0.1) is 17.1 Å². The number of amides is 1. The van der Waals surface area contributed by atoms with E-state index in [1.807, 2.05) is 6.07 Å². The Labute approximate surface area is 107 Å². The number of benzene rings is 1. The molecular weight excluding hydrogens is 251 g/mol. The van der Waals surface area contributed by atoms with E-state index in [-0.39, 0.29) is 22.7 Å². The smallest absolute Gasteiger partial charge is 0.256 e. The Bertz CT molecular complexity index is 660. The molecule has 0 aliphatic rings. The van der Waals surface area contributed by atoms with Gasteiger partial charge in [0.1, 0.15) is 17.5 Å². The minimum atomic E-state index is -0.639. The molecule has 2 aromatic rings. The normalized spacial score (nSPS) is 9.74. The Morgan fingerprint density at radius 3 is 3.00 bits per heavy atom. The van der Waals surface area contributed by atoms with Crippen molar-refractivity contribution in [3.05, 3.63) is 41.3 Å². The minimum absolute atomic E-state index is 0.0517. The summed E-state index contributed by atoms with van der Waals surface area (Å²) in [7, 11) is 1.34. The highest BCUT2D eigenvalue weighted by Crippen LogP contribution is 2.18. The van der Waals surface area contributed by atoms with Gasteiger partial charge in [-0.25, -0.2) is 4.39 Å².